The maximum Gasteiger partial charge on any atom is 0.237 e. The number of hydrogen-bond donors (Lipinski definition) is 2. The van der Waals surface area contributed by atoms with Gasteiger partial charge in [-0.15, -0.1) is 12.4 Å². The fourth-order valence-electron chi connectivity index (χ4n) is 3.45. The lowest BCUT2D eigenvalue weighted by atomic mass is 10.0. The summed E-state index contributed by atoms with van der Waals surface area (Å²) in [6.07, 6.45) is 2.03. The molecule has 2 unspecified atom stereocenters. The first-order chi connectivity index (χ1) is 11.2. The van der Waals surface area contributed by atoms with E-state index >= 15 is 0 Å². The van der Waals surface area contributed by atoms with Crippen LogP contribution >= 0.6 is 12.4 Å². The zero-order chi connectivity index (χ0) is 16.1. The van der Waals surface area contributed by atoms with Crippen LogP contribution in [0.3, 0.4) is 0 Å². The van der Waals surface area contributed by atoms with Crippen molar-refractivity contribution in [2.24, 2.45) is 0 Å². The van der Waals surface area contributed by atoms with E-state index in [9.17, 15) is 4.79 Å². The maximum absolute atomic E-state index is 12.3. The third-order valence-corrected chi connectivity index (χ3v) is 4.76. The van der Waals surface area contributed by atoms with Crippen molar-refractivity contribution in [3.63, 3.8) is 0 Å². The molecular formula is C18H28ClN3O2. The van der Waals surface area contributed by atoms with Crippen LogP contribution in [0.15, 0.2) is 24.3 Å². The molecule has 2 aliphatic heterocycles. The van der Waals surface area contributed by atoms with Crippen LogP contribution in [-0.4, -0.2) is 56.2 Å². The summed E-state index contributed by atoms with van der Waals surface area (Å²) in [5, 5.41) is 6.42. The van der Waals surface area contributed by atoms with E-state index in [0.29, 0.717) is 6.54 Å². The van der Waals surface area contributed by atoms with Gasteiger partial charge in [0.2, 0.25) is 5.91 Å². The molecule has 0 saturated carbocycles. The fraction of sp³-hybridized carbons (Fsp3) is 0.611. The van der Waals surface area contributed by atoms with E-state index in [2.05, 4.69) is 46.7 Å². The number of hydrogen-bond acceptors (Lipinski definition) is 4. The molecule has 134 valence electrons. The Balaban J connectivity index is 0.00000208. The van der Waals surface area contributed by atoms with Gasteiger partial charge >= 0.3 is 0 Å². The van der Waals surface area contributed by atoms with E-state index in [1.807, 2.05) is 0 Å². The number of nitrogens with zero attached hydrogens (tertiary/aromatic N) is 1. The molecule has 2 atom stereocenters. The molecule has 0 spiro atoms. The van der Waals surface area contributed by atoms with Crippen molar-refractivity contribution in [2.75, 3.05) is 39.4 Å². The lowest BCUT2D eigenvalue weighted by Gasteiger charge is -2.35. The lowest BCUT2D eigenvalue weighted by molar-refractivity contribution is -0.123. The first-order valence-electron chi connectivity index (χ1n) is 8.63. The SMILES string of the molecule is Cc1cccc(C(CNC(=O)C2CCCN2)N2CCOCC2)c1.Cl. The van der Waals surface area contributed by atoms with Crippen LogP contribution < -0.4 is 10.6 Å². The largest absolute Gasteiger partial charge is 0.379 e. The molecule has 0 aliphatic carbocycles. The Bertz CT molecular complexity index is 529. The van der Waals surface area contributed by atoms with E-state index in [0.717, 1.165) is 45.7 Å². The molecule has 2 saturated heterocycles. The number of nitrogens with one attached hydrogen (secondary N) is 2. The molecular weight excluding hydrogens is 326 g/mol. The number of ether oxygens (including phenoxy) is 1. The minimum absolute atomic E-state index is 0. The summed E-state index contributed by atoms with van der Waals surface area (Å²) in [6, 6.07) is 8.79. The highest BCUT2D eigenvalue weighted by atomic mass is 35.5. The molecule has 2 fully saturated rings. The second kappa shape index (κ2) is 9.37. The fourth-order valence-corrected chi connectivity index (χ4v) is 3.45. The molecule has 1 amide bonds. The lowest BCUT2D eigenvalue weighted by Crippen LogP contribution is -2.47. The Labute approximate surface area is 150 Å². The smallest absolute Gasteiger partial charge is 0.237 e. The van der Waals surface area contributed by atoms with Crippen molar-refractivity contribution in [1.82, 2.24) is 15.5 Å². The highest BCUT2D eigenvalue weighted by Gasteiger charge is 2.26. The number of rotatable bonds is 5. The van der Waals surface area contributed by atoms with Gasteiger partial charge in [-0.05, 0) is 31.9 Å². The van der Waals surface area contributed by atoms with E-state index in [-0.39, 0.29) is 30.4 Å². The molecule has 2 N–H and O–H groups in total. The average Bonchev–Trinajstić information content (AvgIpc) is 3.10. The number of benzene rings is 1. The van der Waals surface area contributed by atoms with Gasteiger partial charge < -0.3 is 15.4 Å². The monoisotopic (exact) mass is 353 g/mol. The minimum Gasteiger partial charge on any atom is -0.379 e. The topological polar surface area (TPSA) is 53.6 Å². The normalized spacial score (nSPS) is 22.6. The predicted octanol–water partition coefficient (Wildman–Crippen LogP) is 1.66. The van der Waals surface area contributed by atoms with Crippen molar-refractivity contribution >= 4 is 18.3 Å². The summed E-state index contributed by atoms with van der Waals surface area (Å²) in [6.45, 7) is 7.07. The van der Waals surface area contributed by atoms with Crippen LogP contribution in [0.2, 0.25) is 0 Å². The number of halogens is 1. The van der Waals surface area contributed by atoms with Gasteiger partial charge in [-0.3, -0.25) is 9.69 Å². The quantitative estimate of drug-likeness (QED) is 0.845. The molecule has 3 rings (SSSR count). The van der Waals surface area contributed by atoms with Crippen molar-refractivity contribution in [3.05, 3.63) is 35.4 Å². The molecule has 5 nitrogen and oxygen atoms in total. The Morgan fingerprint density at radius 3 is 2.88 bits per heavy atom. The zero-order valence-corrected chi connectivity index (χ0v) is 15.1. The molecule has 24 heavy (non-hydrogen) atoms. The van der Waals surface area contributed by atoms with Crippen LogP contribution in [-0.2, 0) is 9.53 Å². The van der Waals surface area contributed by atoms with Gasteiger partial charge in [0.25, 0.3) is 0 Å². The Morgan fingerprint density at radius 1 is 1.42 bits per heavy atom. The molecule has 1 aromatic rings. The van der Waals surface area contributed by atoms with E-state index in [4.69, 9.17) is 4.74 Å². The van der Waals surface area contributed by atoms with Gasteiger partial charge in [0, 0.05) is 19.6 Å². The molecule has 0 bridgehead atoms. The van der Waals surface area contributed by atoms with E-state index in [1.54, 1.807) is 0 Å². The van der Waals surface area contributed by atoms with E-state index in [1.165, 1.54) is 11.1 Å². The average molecular weight is 354 g/mol. The van der Waals surface area contributed by atoms with Crippen LogP contribution in [0.5, 0.6) is 0 Å². The van der Waals surface area contributed by atoms with Gasteiger partial charge in [-0.2, -0.15) is 0 Å². The van der Waals surface area contributed by atoms with Crippen molar-refractivity contribution in [1.29, 1.82) is 0 Å². The number of carbonyl (C=O) groups excluding carboxylic acids is 1. The molecule has 1 aromatic carbocycles. The summed E-state index contributed by atoms with van der Waals surface area (Å²) >= 11 is 0. The minimum atomic E-state index is -0.0159. The van der Waals surface area contributed by atoms with Crippen LogP contribution in [0, 0.1) is 6.92 Å². The summed E-state index contributed by atoms with van der Waals surface area (Å²) in [5.41, 5.74) is 2.52. The Hall–Kier alpha value is -1.14. The van der Waals surface area contributed by atoms with Crippen molar-refractivity contribution < 1.29 is 9.53 Å². The van der Waals surface area contributed by atoms with Gasteiger partial charge in [-0.1, -0.05) is 29.8 Å². The zero-order valence-electron chi connectivity index (χ0n) is 14.3. The van der Waals surface area contributed by atoms with Gasteiger partial charge in [-0.25, -0.2) is 0 Å². The highest BCUT2D eigenvalue weighted by molar-refractivity contribution is 5.85. The second-order valence-electron chi connectivity index (χ2n) is 6.47. The van der Waals surface area contributed by atoms with Crippen LogP contribution in [0.4, 0.5) is 0 Å². The van der Waals surface area contributed by atoms with E-state index < -0.39 is 0 Å². The highest BCUT2D eigenvalue weighted by Crippen LogP contribution is 2.22. The first-order valence-corrected chi connectivity index (χ1v) is 8.63. The predicted molar refractivity (Wildman–Crippen MR) is 97.6 cm³/mol. The van der Waals surface area contributed by atoms with Gasteiger partial charge in [0.05, 0.1) is 25.3 Å². The van der Waals surface area contributed by atoms with Crippen LogP contribution in [0.25, 0.3) is 0 Å². The standard InChI is InChI=1S/C18H27N3O2.ClH/c1-14-4-2-5-15(12-14)17(21-8-10-23-11-9-21)13-20-18(22)16-6-3-7-19-16;/h2,4-5,12,16-17,19H,3,6-11,13H2,1H3,(H,20,22);1H. The Morgan fingerprint density at radius 2 is 2.21 bits per heavy atom. The molecule has 2 heterocycles. The molecule has 0 aromatic heterocycles. The number of carbonyl (C=O) groups is 1. The first kappa shape index (κ1) is 19.2. The Kier molecular flexibility index (Phi) is 7.49. The summed E-state index contributed by atoms with van der Waals surface area (Å²) < 4.78 is 5.48. The maximum atomic E-state index is 12.3. The molecule has 2 aliphatic rings. The number of amides is 1. The molecule has 6 heteroatoms. The van der Waals surface area contributed by atoms with Gasteiger partial charge in [0.1, 0.15) is 0 Å². The summed E-state index contributed by atoms with van der Waals surface area (Å²) in [5.74, 6) is 0.133. The third-order valence-electron chi connectivity index (χ3n) is 4.76. The summed E-state index contributed by atoms with van der Waals surface area (Å²) in [4.78, 5) is 14.7. The third kappa shape index (κ3) is 4.93. The van der Waals surface area contributed by atoms with Crippen molar-refractivity contribution in [2.45, 2.75) is 31.8 Å². The van der Waals surface area contributed by atoms with Gasteiger partial charge in [0.15, 0.2) is 0 Å². The second-order valence-corrected chi connectivity index (χ2v) is 6.47. The van der Waals surface area contributed by atoms with Crippen LogP contribution in [0.1, 0.15) is 30.0 Å². The molecule has 0 radical (unpaired) electrons. The van der Waals surface area contributed by atoms with Crippen molar-refractivity contribution in [3.8, 4) is 0 Å². The number of morpholine rings is 1. The summed E-state index contributed by atoms with van der Waals surface area (Å²) in [7, 11) is 0. The number of aryl methyl sites for hydroxylation is 1.